The normalized spacial score (nSPS) is 19.9. The van der Waals surface area contributed by atoms with Gasteiger partial charge in [-0.15, -0.1) is 0 Å². The summed E-state index contributed by atoms with van der Waals surface area (Å²) in [5, 5.41) is 9.86. The Morgan fingerprint density at radius 3 is 2.44 bits per heavy atom. The zero-order valence-corrected chi connectivity index (χ0v) is 25.3. The number of methoxy groups -OCH3 is 3. The first-order valence-corrected chi connectivity index (χ1v) is 15.1. The molecule has 3 aromatic rings. The molecule has 1 aliphatic carbocycles. The van der Waals surface area contributed by atoms with Gasteiger partial charge in [0.25, 0.3) is 5.91 Å². The SMILES string of the molecule is COc1cc(OC)c(Cc2ccc(C(=O)NCC3CCCC(CNc4nccc(NCC5CCCO5)n4)C3)o2)c(OC)c1. The first kappa shape index (κ1) is 30.5. The highest BCUT2D eigenvalue weighted by Gasteiger charge is 2.24. The minimum atomic E-state index is -0.208. The Labute approximate surface area is 253 Å². The van der Waals surface area contributed by atoms with Crippen LogP contribution in [-0.2, 0) is 11.2 Å². The molecule has 1 aliphatic heterocycles. The van der Waals surface area contributed by atoms with Crippen molar-refractivity contribution in [1.82, 2.24) is 15.3 Å². The summed E-state index contributed by atoms with van der Waals surface area (Å²) in [5.74, 6) is 4.96. The molecular weight excluding hydrogens is 550 g/mol. The topological polar surface area (TPSA) is 129 Å². The number of carbonyl (C=O) groups excluding carboxylic acids is 1. The van der Waals surface area contributed by atoms with Crippen LogP contribution in [0.25, 0.3) is 0 Å². The zero-order valence-electron chi connectivity index (χ0n) is 25.3. The fraction of sp³-hybridized carbons (Fsp3) is 0.531. The molecule has 0 spiro atoms. The average Bonchev–Trinajstić information content (AvgIpc) is 3.75. The van der Waals surface area contributed by atoms with Crippen LogP contribution in [0.1, 0.15) is 60.4 Å². The molecule has 1 amide bonds. The number of carbonyl (C=O) groups is 1. The van der Waals surface area contributed by atoms with Gasteiger partial charge in [-0.05, 0) is 62.1 Å². The molecule has 1 saturated carbocycles. The van der Waals surface area contributed by atoms with E-state index >= 15 is 0 Å². The van der Waals surface area contributed by atoms with Crippen LogP contribution in [-0.4, -0.2) is 69.5 Å². The summed E-state index contributed by atoms with van der Waals surface area (Å²) in [6, 6.07) is 9.02. The van der Waals surface area contributed by atoms with Crippen molar-refractivity contribution in [2.75, 3.05) is 58.2 Å². The van der Waals surface area contributed by atoms with Gasteiger partial charge in [0.2, 0.25) is 5.95 Å². The van der Waals surface area contributed by atoms with Crippen molar-refractivity contribution in [3.8, 4) is 17.2 Å². The lowest BCUT2D eigenvalue weighted by molar-refractivity contribution is 0.0911. The molecule has 3 unspecified atom stereocenters. The van der Waals surface area contributed by atoms with Crippen LogP contribution in [0.15, 0.2) is 40.9 Å². The second kappa shape index (κ2) is 15.0. The van der Waals surface area contributed by atoms with Gasteiger partial charge in [-0.3, -0.25) is 4.79 Å². The van der Waals surface area contributed by atoms with Gasteiger partial charge in [0, 0.05) is 56.6 Å². The molecule has 2 aliphatic rings. The maximum absolute atomic E-state index is 12.9. The zero-order chi connectivity index (χ0) is 30.0. The van der Waals surface area contributed by atoms with Crippen molar-refractivity contribution in [2.45, 2.75) is 51.0 Å². The highest BCUT2D eigenvalue weighted by atomic mass is 16.5. The Hall–Kier alpha value is -3.99. The fourth-order valence-corrected chi connectivity index (χ4v) is 5.92. The molecule has 2 fully saturated rings. The number of benzene rings is 1. The summed E-state index contributed by atoms with van der Waals surface area (Å²) in [5.41, 5.74) is 0.820. The summed E-state index contributed by atoms with van der Waals surface area (Å²) < 4.78 is 28.0. The van der Waals surface area contributed by atoms with E-state index in [9.17, 15) is 4.79 Å². The van der Waals surface area contributed by atoms with E-state index in [2.05, 4.69) is 25.9 Å². The standard InChI is InChI=1S/C32H43N5O6/c1-39-25-16-28(40-2)26(29(17-25)41-3)15-23-9-10-27(43-23)31(38)35-18-21-6-4-7-22(14-21)19-36-32-33-12-11-30(37-32)34-20-24-8-5-13-42-24/h9-12,16-17,21-22,24H,4-8,13-15,18-20H2,1-3H3,(H,35,38)(H2,33,34,36,37). The second-order valence-electron chi connectivity index (χ2n) is 11.2. The third kappa shape index (κ3) is 8.31. The van der Waals surface area contributed by atoms with Crippen molar-refractivity contribution < 1.29 is 28.2 Å². The molecule has 0 radical (unpaired) electrons. The van der Waals surface area contributed by atoms with E-state index in [4.69, 9.17) is 23.4 Å². The molecule has 43 heavy (non-hydrogen) atoms. The first-order chi connectivity index (χ1) is 21.0. The van der Waals surface area contributed by atoms with Crippen LogP contribution >= 0.6 is 0 Å². The number of hydrogen-bond donors (Lipinski definition) is 3. The molecule has 232 valence electrons. The minimum absolute atomic E-state index is 0.208. The summed E-state index contributed by atoms with van der Waals surface area (Å²) in [6.07, 6.45) is 9.06. The molecule has 5 rings (SSSR count). The number of nitrogens with zero attached hydrogens (tertiary/aromatic N) is 2. The van der Waals surface area contributed by atoms with Crippen LogP contribution in [0.5, 0.6) is 17.2 Å². The molecule has 3 N–H and O–H groups in total. The lowest BCUT2D eigenvalue weighted by atomic mass is 9.81. The Morgan fingerprint density at radius 1 is 0.930 bits per heavy atom. The maximum atomic E-state index is 12.9. The number of anilines is 2. The molecular formula is C32H43N5O6. The monoisotopic (exact) mass is 593 g/mol. The van der Waals surface area contributed by atoms with E-state index in [0.29, 0.717) is 59.5 Å². The predicted octanol–water partition coefficient (Wildman–Crippen LogP) is 4.93. The maximum Gasteiger partial charge on any atom is 0.287 e. The fourth-order valence-electron chi connectivity index (χ4n) is 5.92. The number of amides is 1. The second-order valence-corrected chi connectivity index (χ2v) is 11.2. The largest absolute Gasteiger partial charge is 0.496 e. The van der Waals surface area contributed by atoms with Crippen molar-refractivity contribution in [1.29, 1.82) is 0 Å². The van der Waals surface area contributed by atoms with E-state index in [1.165, 1.54) is 0 Å². The summed E-state index contributed by atoms with van der Waals surface area (Å²) in [7, 11) is 4.79. The number of furan rings is 1. The van der Waals surface area contributed by atoms with Gasteiger partial charge < -0.3 is 39.3 Å². The highest BCUT2D eigenvalue weighted by Crippen LogP contribution is 2.36. The third-order valence-electron chi connectivity index (χ3n) is 8.24. The molecule has 3 atom stereocenters. The number of nitrogens with one attached hydrogen (secondary N) is 3. The Balaban J connectivity index is 1.08. The molecule has 11 nitrogen and oxygen atoms in total. The highest BCUT2D eigenvalue weighted by molar-refractivity contribution is 5.91. The predicted molar refractivity (Wildman–Crippen MR) is 163 cm³/mol. The van der Waals surface area contributed by atoms with Crippen LogP contribution in [0, 0.1) is 11.8 Å². The smallest absolute Gasteiger partial charge is 0.287 e. The number of hydrogen-bond acceptors (Lipinski definition) is 10. The van der Waals surface area contributed by atoms with Gasteiger partial charge in [-0.1, -0.05) is 6.42 Å². The van der Waals surface area contributed by atoms with E-state index in [-0.39, 0.29) is 12.0 Å². The Bertz CT molecular complexity index is 1320. The van der Waals surface area contributed by atoms with E-state index in [0.717, 1.165) is 69.6 Å². The molecule has 3 heterocycles. The van der Waals surface area contributed by atoms with Crippen LogP contribution in [0.3, 0.4) is 0 Å². The van der Waals surface area contributed by atoms with E-state index in [1.54, 1.807) is 45.7 Å². The lowest BCUT2D eigenvalue weighted by Crippen LogP contribution is -2.33. The van der Waals surface area contributed by atoms with Crippen molar-refractivity contribution >= 4 is 17.7 Å². The Kier molecular flexibility index (Phi) is 10.6. The quantitative estimate of drug-likeness (QED) is 0.237. The van der Waals surface area contributed by atoms with Gasteiger partial charge in [0.15, 0.2) is 5.76 Å². The van der Waals surface area contributed by atoms with Crippen molar-refractivity contribution in [3.05, 3.63) is 53.6 Å². The number of ether oxygens (including phenoxy) is 4. The van der Waals surface area contributed by atoms with Gasteiger partial charge >= 0.3 is 0 Å². The minimum Gasteiger partial charge on any atom is -0.496 e. The molecule has 0 bridgehead atoms. The van der Waals surface area contributed by atoms with Crippen LogP contribution < -0.4 is 30.2 Å². The third-order valence-corrected chi connectivity index (χ3v) is 8.24. The molecule has 2 aromatic heterocycles. The molecule has 1 saturated heterocycles. The van der Waals surface area contributed by atoms with Gasteiger partial charge in [-0.25, -0.2) is 4.98 Å². The van der Waals surface area contributed by atoms with E-state index in [1.807, 2.05) is 12.1 Å². The van der Waals surface area contributed by atoms with Gasteiger partial charge in [0.05, 0.1) is 27.4 Å². The molecule has 1 aromatic carbocycles. The van der Waals surface area contributed by atoms with Crippen molar-refractivity contribution in [3.63, 3.8) is 0 Å². The lowest BCUT2D eigenvalue weighted by Gasteiger charge is -2.29. The van der Waals surface area contributed by atoms with E-state index < -0.39 is 0 Å². The summed E-state index contributed by atoms with van der Waals surface area (Å²) in [4.78, 5) is 21.9. The first-order valence-electron chi connectivity index (χ1n) is 15.1. The summed E-state index contributed by atoms with van der Waals surface area (Å²) >= 11 is 0. The van der Waals surface area contributed by atoms with Crippen molar-refractivity contribution in [2.24, 2.45) is 11.8 Å². The summed E-state index contributed by atoms with van der Waals surface area (Å²) in [6.45, 7) is 3.03. The number of rotatable bonds is 14. The van der Waals surface area contributed by atoms with Crippen LogP contribution in [0.2, 0.25) is 0 Å². The Morgan fingerprint density at radius 2 is 1.72 bits per heavy atom. The molecule has 11 heteroatoms. The average molecular weight is 594 g/mol. The number of aromatic nitrogens is 2. The van der Waals surface area contributed by atoms with Crippen LogP contribution in [0.4, 0.5) is 11.8 Å². The van der Waals surface area contributed by atoms with Gasteiger partial charge in [-0.2, -0.15) is 4.98 Å². The van der Waals surface area contributed by atoms with Gasteiger partial charge in [0.1, 0.15) is 28.8 Å².